The van der Waals surface area contributed by atoms with Crippen LogP contribution < -0.4 is 0 Å². The average molecular weight is 396 g/mol. The summed E-state index contributed by atoms with van der Waals surface area (Å²) in [7, 11) is -3.02. The highest BCUT2D eigenvalue weighted by atomic mass is 32.2. The van der Waals surface area contributed by atoms with Gasteiger partial charge in [-0.2, -0.15) is 0 Å². The molecule has 0 radical (unpaired) electrons. The first-order chi connectivity index (χ1) is 12.5. The second-order valence-electron chi connectivity index (χ2n) is 6.15. The van der Waals surface area contributed by atoms with Crippen molar-refractivity contribution in [3.8, 4) is 0 Å². The molecule has 0 unspecified atom stereocenters. The summed E-state index contributed by atoms with van der Waals surface area (Å²) < 4.78 is 28.9. The van der Waals surface area contributed by atoms with E-state index in [4.69, 9.17) is 4.42 Å². The van der Waals surface area contributed by atoms with Crippen LogP contribution in [0.1, 0.15) is 24.8 Å². The third kappa shape index (κ3) is 4.85. The number of nitrogens with zero attached hydrogens (tertiary/aromatic N) is 3. The van der Waals surface area contributed by atoms with E-state index in [1.165, 1.54) is 11.8 Å². The Balaban J connectivity index is 1.54. The minimum absolute atomic E-state index is 0.0546. The van der Waals surface area contributed by atoms with Gasteiger partial charge in [-0.3, -0.25) is 4.79 Å². The summed E-state index contributed by atoms with van der Waals surface area (Å²) in [4.78, 5) is 14.1. The number of amides is 1. The molecule has 0 aliphatic carbocycles. The summed E-state index contributed by atoms with van der Waals surface area (Å²) in [5.41, 5.74) is 1.07. The molecule has 1 aliphatic heterocycles. The van der Waals surface area contributed by atoms with E-state index in [0.29, 0.717) is 30.5 Å². The van der Waals surface area contributed by atoms with Gasteiger partial charge in [0, 0.05) is 12.6 Å². The standard InChI is InChI=1S/C17H21N3O4S2/c1-2-20(14-8-9-26(22,23)12-14)16(21)11-25-17-19-18-15(24-17)10-13-6-4-3-5-7-13/h3-7,14H,2,8-12H2,1H3/t14-/m0/s1. The van der Waals surface area contributed by atoms with Crippen molar-refractivity contribution in [2.24, 2.45) is 0 Å². The normalized spacial score (nSPS) is 18.7. The van der Waals surface area contributed by atoms with Crippen LogP contribution in [-0.2, 0) is 21.1 Å². The van der Waals surface area contributed by atoms with Crippen LogP contribution in [0.25, 0.3) is 0 Å². The Bertz CT molecular complexity index is 852. The molecule has 3 rings (SSSR count). The van der Waals surface area contributed by atoms with Gasteiger partial charge in [-0.25, -0.2) is 8.42 Å². The monoisotopic (exact) mass is 395 g/mol. The summed E-state index contributed by atoms with van der Waals surface area (Å²) in [6.07, 6.45) is 1.05. The molecule has 1 saturated heterocycles. The van der Waals surface area contributed by atoms with Crippen LogP contribution in [0.2, 0.25) is 0 Å². The average Bonchev–Trinajstić information content (AvgIpc) is 3.21. The van der Waals surface area contributed by atoms with Gasteiger partial charge in [-0.15, -0.1) is 10.2 Å². The minimum Gasteiger partial charge on any atom is -0.416 e. The molecule has 0 saturated carbocycles. The van der Waals surface area contributed by atoms with Crippen LogP contribution in [0.3, 0.4) is 0 Å². The summed E-state index contributed by atoms with van der Waals surface area (Å²) in [5, 5.41) is 8.33. The molecule has 9 heteroatoms. The second-order valence-corrected chi connectivity index (χ2v) is 9.30. The minimum atomic E-state index is -3.02. The van der Waals surface area contributed by atoms with Crippen molar-refractivity contribution >= 4 is 27.5 Å². The van der Waals surface area contributed by atoms with Gasteiger partial charge in [0.05, 0.1) is 23.7 Å². The molecule has 2 heterocycles. The second kappa shape index (κ2) is 8.22. The molecule has 1 atom stereocenters. The number of rotatable bonds is 7. The molecular formula is C17H21N3O4S2. The van der Waals surface area contributed by atoms with Gasteiger partial charge in [0.1, 0.15) is 0 Å². The van der Waals surface area contributed by atoms with Crippen LogP contribution in [-0.4, -0.2) is 59.3 Å². The molecule has 1 aromatic carbocycles. The van der Waals surface area contributed by atoms with Gasteiger partial charge in [0.25, 0.3) is 5.22 Å². The van der Waals surface area contributed by atoms with Gasteiger partial charge in [-0.1, -0.05) is 42.1 Å². The maximum absolute atomic E-state index is 12.5. The lowest BCUT2D eigenvalue weighted by molar-refractivity contribution is -0.129. The summed E-state index contributed by atoms with van der Waals surface area (Å²) in [6.45, 7) is 2.35. The van der Waals surface area contributed by atoms with E-state index >= 15 is 0 Å². The molecule has 1 aromatic heterocycles. The maximum Gasteiger partial charge on any atom is 0.277 e. The van der Waals surface area contributed by atoms with Crippen molar-refractivity contribution < 1.29 is 17.6 Å². The Morgan fingerprint density at radius 1 is 1.31 bits per heavy atom. The smallest absolute Gasteiger partial charge is 0.277 e. The molecule has 0 N–H and O–H groups in total. The maximum atomic E-state index is 12.5. The van der Waals surface area contributed by atoms with Gasteiger partial charge < -0.3 is 9.32 Å². The Labute approximate surface area is 157 Å². The predicted molar refractivity (Wildman–Crippen MR) is 98.7 cm³/mol. The van der Waals surface area contributed by atoms with Crippen LogP contribution in [0, 0.1) is 0 Å². The molecule has 1 amide bonds. The highest BCUT2D eigenvalue weighted by Gasteiger charge is 2.33. The first-order valence-corrected chi connectivity index (χ1v) is 11.3. The molecule has 7 nitrogen and oxygen atoms in total. The zero-order valence-electron chi connectivity index (χ0n) is 14.5. The van der Waals surface area contributed by atoms with Crippen molar-refractivity contribution in [1.29, 1.82) is 0 Å². The molecule has 1 aliphatic rings. The van der Waals surface area contributed by atoms with Crippen molar-refractivity contribution in [1.82, 2.24) is 15.1 Å². The predicted octanol–water partition coefficient (Wildman–Crippen LogP) is 1.79. The summed E-state index contributed by atoms with van der Waals surface area (Å²) >= 11 is 1.18. The number of hydrogen-bond donors (Lipinski definition) is 0. The fourth-order valence-corrected chi connectivity index (χ4v) is 5.40. The third-order valence-corrected chi connectivity index (χ3v) is 6.83. The first kappa shape index (κ1) is 18.9. The van der Waals surface area contributed by atoms with Crippen molar-refractivity contribution in [2.75, 3.05) is 23.8 Å². The zero-order valence-corrected chi connectivity index (χ0v) is 16.1. The van der Waals surface area contributed by atoms with E-state index in [2.05, 4.69) is 10.2 Å². The third-order valence-electron chi connectivity index (χ3n) is 4.28. The molecule has 26 heavy (non-hydrogen) atoms. The van der Waals surface area contributed by atoms with Crippen molar-refractivity contribution in [2.45, 2.75) is 31.0 Å². The number of thioether (sulfide) groups is 1. The fourth-order valence-electron chi connectivity index (χ4n) is 3.00. The number of sulfone groups is 1. The van der Waals surface area contributed by atoms with E-state index < -0.39 is 9.84 Å². The number of carbonyl (C=O) groups is 1. The van der Waals surface area contributed by atoms with E-state index in [0.717, 1.165) is 5.56 Å². The lowest BCUT2D eigenvalue weighted by atomic mass is 10.2. The van der Waals surface area contributed by atoms with Crippen molar-refractivity contribution in [3.05, 3.63) is 41.8 Å². The Morgan fingerprint density at radius 2 is 2.08 bits per heavy atom. The van der Waals surface area contributed by atoms with E-state index in [9.17, 15) is 13.2 Å². The Morgan fingerprint density at radius 3 is 2.73 bits per heavy atom. The lowest BCUT2D eigenvalue weighted by Crippen LogP contribution is -2.41. The van der Waals surface area contributed by atoms with Crippen LogP contribution in [0.15, 0.2) is 40.0 Å². The zero-order chi connectivity index (χ0) is 18.6. The Kier molecular flexibility index (Phi) is 5.98. The van der Waals surface area contributed by atoms with Crippen LogP contribution in [0.4, 0.5) is 0 Å². The van der Waals surface area contributed by atoms with Gasteiger partial charge in [0.15, 0.2) is 9.84 Å². The lowest BCUT2D eigenvalue weighted by Gasteiger charge is -2.26. The van der Waals surface area contributed by atoms with Crippen LogP contribution >= 0.6 is 11.8 Å². The first-order valence-electron chi connectivity index (χ1n) is 8.46. The van der Waals surface area contributed by atoms with E-state index in [1.54, 1.807) is 4.90 Å². The molecule has 0 spiro atoms. The fraction of sp³-hybridized carbons (Fsp3) is 0.471. The van der Waals surface area contributed by atoms with Gasteiger partial charge in [-0.05, 0) is 18.9 Å². The number of carbonyl (C=O) groups excluding carboxylic acids is 1. The molecule has 2 aromatic rings. The molecule has 1 fully saturated rings. The topological polar surface area (TPSA) is 93.4 Å². The molecular weight excluding hydrogens is 374 g/mol. The number of hydrogen-bond acceptors (Lipinski definition) is 7. The van der Waals surface area contributed by atoms with Gasteiger partial charge >= 0.3 is 0 Å². The Hall–Kier alpha value is -1.87. The van der Waals surface area contributed by atoms with E-state index in [1.807, 2.05) is 37.3 Å². The van der Waals surface area contributed by atoms with Crippen molar-refractivity contribution in [3.63, 3.8) is 0 Å². The summed E-state index contributed by atoms with van der Waals surface area (Å²) in [6, 6.07) is 9.57. The van der Waals surface area contributed by atoms with Gasteiger partial charge in [0.2, 0.25) is 11.8 Å². The largest absolute Gasteiger partial charge is 0.416 e. The number of benzene rings is 1. The van der Waals surface area contributed by atoms with E-state index in [-0.39, 0.29) is 29.2 Å². The van der Waals surface area contributed by atoms with Crippen LogP contribution in [0.5, 0.6) is 0 Å². The molecule has 140 valence electrons. The number of aromatic nitrogens is 2. The highest BCUT2D eigenvalue weighted by molar-refractivity contribution is 7.99. The highest BCUT2D eigenvalue weighted by Crippen LogP contribution is 2.22. The SMILES string of the molecule is CCN(C(=O)CSc1nnc(Cc2ccccc2)o1)[C@H]1CCS(=O)(=O)C1. The summed E-state index contributed by atoms with van der Waals surface area (Å²) in [5.74, 6) is 0.750. The molecule has 0 bridgehead atoms. The quantitative estimate of drug-likeness (QED) is 0.660.